The van der Waals surface area contributed by atoms with E-state index in [1.807, 2.05) is 6.92 Å². The minimum atomic E-state index is -3.52. The number of rotatable bonds is 13. The molecule has 39 heavy (non-hydrogen) atoms. The molecule has 0 unspecified atom stereocenters. The number of carbonyl (C=O) groups is 1. The number of imidazole rings is 1. The Morgan fingerprint density at radius 1 is 1.03 bits per heavy atom. The van der Waals surface area contributed by atoms with Gasteiger partial charge in [0.15, 0.2) is 0 Å². The van der Waals surface area contributed by atoms with Gasteiger partial charge >= 0.3 is 5.69 Å². The van der Waals surface area contributed by atoms with Crippen LogP contribution in [0.15, 0.2) is 34.2 Å². The number of unbranched alkanes of at least 4 members (excludes halogenated alkanes) is 6. The molecule has 214 valence electrons. The van der Waals surface area contributed by atoms with Crippen LogP contribution in [0.1, 0.15) is 82.3 Å². The van der Waals surface area contributed by atoms with Crippen LogP contribution in [0.4, 0.5) is 0 Å². The molecule has 2 aliphatic heterocycles. The second-order valence-electron chi connectivity index (χ2n) is 10.8. The Hall–Kier alpha value is -2.92. The van der Waals surface area contributed by atoms with E-state index in [9.17, 15) is 23.1 Å². The molecule has 1 spiro atoms. The molecule has 0 radical (unpaired) electrons. The van der Waals surface area contributed by atoms with Crippen molar-refractivity contribution in [3.05, 3.63) is 46.0 Å². The van der Waals surface area contributed by atoms with Gasteiger partial charge in [0.2, 0.25) is 15.9 Å². The maximum absolute atomic E-state index is 13.1. The molecule has 1 saturated heterocycles. The molecule has 0 atom stereocenters. The summed E-state index contributed by atoms with van der Waals surface area (Å²) in [6.07, 6.45) is 11.5. The van der Waals surface area contributed by atoms with Gasteiger partial charge in [0.1, 0.15) is 11.4 Å². The standard InChI is InChI=1S/C28H41N5O5S/c1-3-4-5-6-7-8-9-10-24-30-26(35)28(31-24)14-16-32(17-15-28)39(37,38)18-13-22-11-12-23(19-21(22)2)33-25(34)20-29-27(33)36/h11-12,19-20,34H,3-10,13-18H2,1-2H3,(H,29,36)(H,30,31,35). The summed E-state index contributed by atoms with van der Waals surface area (Å²) < 4.78 is 28.9. The van der Waals surface area contributed by atoms with E-state index in [1.165, 1.54) is 42.6 Å². The summed E-state index contributed by atoms with van der Waals surface area (Å²) in [5, 5.41) is 12.9. The average Bonchev–Trinajstić information content (AvgIpc) is 3.40. The number of aromatic hydroxyl groups is 1. The first-order chi connectivity index (χ1) is 18.6. The van der Waals surface area contributed by atoms with Gasteiger partial charge in [0.25, 0.3) is 5.91 Å². The van der Waals surface area contributed by atoms with E-state index >= 15 is 0 Å². The van der Waals surface area contributed by atoms with Crippen molar-refractivity contribution in [2.24, 2.45) is 4.99 Å². The van der Waals surface area contributed by atoms with Crippen LogP contribution in [0.25, 0.3) is 5.69 Å². The van der Waals surface area contributed by atoms with E-state index < -0.39 is 21.3 Å². The second kappa shape index (κ2) is 12.5. The highest BCUT2D eigenvalue weighted by atomic mass is 32.2. The van der Waals surface area contributed by atoms with Crippen molar-refractivity contribution in [2.45, 2.75) is 90.0 Å². The number of amidine groups is 1. The first-order valence-corrected chi connectivity index (χ1v) is 15.7. The Bertz CT molecular complexity index is 1350. The normalized spacial score (nSPS) is 17.5. The van der Waals surface area contributed by atoms with E-state index in [1.54, 1.807) is 18.2 Å². The fourth-order valence-electron chi connectivity index (χ4n) is 5.50. The first-order valence-electron chi connectivity index (χ1n) is 14.1. The van der Waals surface area contributed by atoms with Gasteiger partial charge in [-0.25, -0.2) is 22.1 Å². The molecule has 0 aliphatic carbocycles. The summed E-state index contributed by atoms with van der Waals surface area (Å²) >= 11 is 0. The molecule has 0 bridgehead atoms. The van der Waals surface area contributed by atoms with Crippen LogP contribution in [0, 0.1) is 6.92 Å². The van der Waals surface area contributed by atoms with E-state index in [0.29, 0.717) is 24.9 Å². The summed E-state index contributed by atoms with van der Waals surface area (Å²) in [4.78, 5) is 31.9. The van der Waals surface area contributed by atoms with Crippen LogP contribution >= 0.6 is 0 Å². The quantitative estimate of drug-likeness (QED) is 0.322. The van der Waals surface area contributed by atoms with E-state index in [-0.39, 0.29) is 30.6 Å². The number of aliphatic imine (C=N–C) groups is 1. The monoisotopic (exact) mass is 559 g/mol. The summed E-state index contributed by atoms with van der Waals surface area (Å²) in [5.74, 6) is 0.414. The lowest BCUT2D eigenvalue weighted by atomic mass is 9.89. The zero-order chi connectivity index (χ0) is 28.0. The van der Waals surface area contributed by atoms with Crippen molar-refractivity contribution >= 4 is 21.8 Å². The van der Waals surface area contributed by atoms with E-state index in [0.717, 1.165) is 40.8 Å². The molecule has 1 aromatic heterocycles. The molecule has 2 aliphatic rings. The average molecular weight is 560 g/mol. The van der Waals surface area contributed by atoms with Gasteiger partial charge in [-0.2, -0.15) is 0 Å². The van der Waals surface area contributed by atoms with Gasteiger partial charge in [-0.1, -0.05) is 51.5 Å². The number of nitrogens with zero attached hydrogens (tertiary/aromatic N) is 3. The van der Waals surface area contributed by atoms with Crippen molar-refractivity contribution in [1.29, 1.82) is 0 Å². The highest BCUT2D eigenvalue weighted by Gasteiger charge is 2.47. The van der Waals surface area contributed by atoms with Gasteiger partial charge in [-0.05, 0) is 55.9 Å². The van der Waals surface area contributed by atoms with Crippen LogP contribution in [0.5, 0.6) is 5.88 Å². The zero-order valence-electron chi connectivity index (χ0n) is 23.0. The second-order valence-corrected chi connectivity index (χ2v) is 12.9. The maximum Gasteiger partial charge on any atom is 0.333 e. The third-order valence-corrected chi connectivity index (χ3v) is 9.83. The minimum Gasteiger partial charge on any atom is -0.493 e. The summed E-state index contributed by atoms with van der Waals surface area (Å²) in [6, 6.07) is 5.23. The number of carbonyl (C=O) groups excluding carboxylic acids is 1. The van der Waals surface area contributed by atoms with Gasteiger partial charge < -0.3 is 15.4 Å². The van der Waals surface area contributed by atoms with Crippen molar-refractivity contribution < 1.29 is 18.3 Å². The number of H-pyrrole nitrogens is 1. The van der Waals surface area contributed by atoms with Crippen LogP contribution in [-0.4, -0.2) is 63.5 Å². The molecular weight excluding hydrogens is 518 g/mol. The number of aromatic nitrogens is 2. The number of piperidine rings is 1. The number of aryl methyl sites for hydroxylation is 2. The number of amides is 1. The van der Waals surface area contributed by atoms with Crippen molar-refractivity contribution in [3.8, 4) is 11.6 Å². The summed E-state index contributed by atoms with van der Waals surface area (Å²) in [7, 11) is -3.52. The van der Waals surface area contributed by atoms with Crippen LogP contribution in [0.3, 0.4) is 0 Å². The maximum atomic E-state index is 13.1. The zero-order valence-corrected chi connectivity index (χ0v) is 23.9. The Morgan fingerprint density at radius 2 is 1.72 bits per heavy atom. The highest BCUT2D eigenvalue weighted by molar-refractivity contribution is 7.89. The third kappa shape index (κ3) is 6.81. The Balaban J connectivity index is 1.28. The summed E-state index contributed by atoms with van der Waals surface area (Å²) in [5.41, 5.74) is 0.907. The smallest absolute Gasteiger partial charge is 0.333 e. The Kier molecular flexibility index (Phi) is 9.32. The minimum absolute atomic E-state index is 0.0471. The third-order valence-electron chi connectivity index (χ3n) is 7.96. The predicted molar refractivity (Wildman–Crippen MR) is 152 cm³/mol. The number of aromatic amines is 1. The topological polar surface area (TPSA) is 137 Å². The number of benzene rings is 1. The predicted octanol–water partition coefficient (Wildman–Crippen LogP) is 3.56. The molecule has 2 aromatic rings. The van der Waals surface area contributed by atoms with Crippen LogP contribution in [0.2, 0.25) is 0 Å². The van der Waals surface area contributed by atoms with Crippen molar-refractivity contribution in [3.63, 3.8) is 0 Å². The van der Waals surface area contributed by atoms with Crippen LogP contribution < -0.4 is 11.0 Å². The van der Waals surface area contributed by atoms with E-state index in [4.69, 9.17) is 4.99 Å². The molecule has 3 N–H and O–H groups in total. The lowest BCUT2D eigenvalue weighted by Crippen LogP contribution is -2.50. The molecule has 1 fully saturated rings. The van der Waals surface area contributed by atoms with Gasteiger partial charge in [0, 0.05) is 19.5 Å². The van der Waals surface area contributed by atoms with E-state index in [2.05, 4.69) is 17.2 Å². The van der Waals surface area contributed by atoms with Crippen LogP contribution in [-0.2, 0) is 21.2 Å². The van der Waals surface area contributed by atoms with Gasteiger partial charge in [-0.3, -0.25) is 9.79 Å². The molecular formula is C28H41N5O5S. The highest BCUT2D eigenvalue weighted by Crippen LogP contribution is 2.32. The SMILES string of the molecule is CCCCCCCCCC1=NC2(CCN(S(=O)(=O)CCc3ccc(-n4c(O)c[nH]c4=O)cc3C)CC2)C(=O)N1. The fourth-order valence-corrected chi connectivity index (χ4v) is 6.98. The Labute approximate surface area is 230 Å². The lowest BCUT2D eigenvalue weighted by Gasteiger charge is -2.34. The Morgan fingerprint density at radius 3 is 2.36 bits per heavy atom. The molecule has 4 rings (SSSR count). The number of sulfonamides is 1. The van der Waals surface area contributed by atoms with Crippen molar-refractivity contribution in [2.75, 3.05) is 18.8 Å². The molecule has 10 nitrogen and oxygen atoms in total. The number of hydrogen-bond donors (Lipinski definition) is 3. The fraction of sp³-hybridized carbons (Fsp3) is 0.607. The molecule has 0 saturated carbocycles. The van der Waals surface area contributed by atoms with Crippen molar-refractivity contribution in [1.82, 2.24) is 19.2 Å². The number of hydrogen-bond acceptors (Lipinski definition) is 6. The molecule has 1 amide bonds. The van der Waals surface area contributed by atoms with Gasteiger partial charge in [-0.15, -0.1) is 0 Å². The molecule has 3 heterocycles. The van der Waals surface area contributed by atoms with Gasteiger partial charge in [0.05, 0.1) is 17.6 Å². The first kappa shape index (κ1) is 29.1. The summed E-state index contributed by atoms with van der Waals surface area (Å²) in [6.45, 7) is 4.61. The lowest BCUT2D eigenvalue weighted by molar-refractivity contribution is -0.124. The largest absolute Gasteiger partial charge is 0.493 e. The molecule has 1 aromatic carbocycles. The molecule has 11 heteroatoms. The number of nitrogens with one attached hydrogen (secondary N) is 2.